The molecule has 5 nitrogen and oxygen atoms in total. The van der Waals surface area contributed by atoms with Crippen LogP contribution in [0, 0.1) is 11.8 Å². The Morgan fingerprint density at radius 3 is 2.78 bits per heavy atom. The second-order valence-corrected chi connectivity index (χ2v) is 8.06. The van der Waals surface area contributed by atoms with Gasteiger partial charge in [0.1, 0.15) is 0 Å². The van der Waals surface area contributed by atoms with Crippen molar-refractivity contribution >= 4 is 5.96 Å². The van der Waals surface area contributed by atoms with E-state index in [0.29, 0.717) is 5.92 Å². The molecule has 1 aliphatic heterocycles. The highest BCUT2D eigenvalue weighted by atomic mass is 16.5. The summed E-state index contributed by atoms with van der Waals surface area (Å²) in [5.41, 5.74) is 1.44. The van der Waals surface area contributed by atoms with Gasteiger partial charge in [-0.25, -0.2) is 0 Å². The highest BCUT2D eigenvalue weighted by molar-refractivity contribution is 5.79. The lowest BCUT2D eigenvalue weighted by Gasteiger charge is -2.23. The summed E-state index contributed by atoms with van der Waals surface area (Å²) in [5, 5.41) is 3.56. The summed E-state index contributed by atoms with van der Waals surface area (Å²) in [5.74, 6) is 2.52. The molecule has 1 N–H and O–H groups in total. The van der Waals surface area contributed by atoms with Crippen molar-refractivity contribution in [3.8, 4) is 0 Å². The molecule has 0 spiro atoms. The summed E-state index contributed by atoms with van der Waals surface area (Å²) >= 11 is 0. The number of benzene rings is 1. The molecule has 1 saturated heterocycles. The fraction of sp³-hybridized carbons (Fsp3) is 0.682. The maximum Gasteiger partial charge on any atom is 0.193 e. The number of hydrogen-bond acceptors (Lipinski definition) is 3. The van der Waals surface area contributed by atoms with Gasteiger partial charge in [-0.3, -0.25) is 4.99 Å². The fourth-order valence-electron chi connectivity index (χ4n) is 3.68. The van der Waals surface area contributed by atoms with Crippen molar-refractivity contribution in [3.63, 3.8) is 0 Å². The molecule has 0 radical (unpaired) electrons. The molecule has 2 aliphatic rings. The number of nitrogens with zero attached hydrogens (tertiary/aromatic N) is 3. The standard InChI is InChI=1S/C22H36N4O/c1-23-22(25(2)14-15-27-18-20-8-9-20)24-16-21-11-13-26(17-21)12-10-19-6-4-3-5-7-19/h3-7,20-21H,8-18H2,1-2H3,(H,23,24). The molecule has 27 heavy (non-hydrogen) atoms. The Kier molecular flexibility index (Phi) is 7.96. The van der Waals surface area contributed by atoms with Gasteiger partial charge in [-0.15, -0.1) is 0 Å². The topological polar surface area (TPSA) is 40.1 Å². The molecule has 1 heterocycles. The normalized spacial score (nSPS) is 20.8. The number of nitrogens with one attached hydrogen (secondary N) is 1. The summed E-state index contributed by atoms with van der Waals surface area (Å²) in [4.78, 5) is 9.20. The number of rotatable bonds is 10. The Hall–Kier alpha value is -1.59. The Morgan fingerprint density at radius 2 is 2.04 bits per heavy atom. The third-order valence-electron chi connectivity index (χ3n) is 5.67. The first-order valence-electron chi connectivity index (χ1n) is 10.5. The molecule has 0 bridgehead atoms. The van der Waals surface area contributed by atoms with Crippen molar-refractivity contribution in [2.45, 2.75) is 25.7 Å². The SMILES string of the molecule is CN=C(NCC1CCN(CCc2ccccc2)C1)N(C)CCOCC1CC1. The first kappa shape index (κ1) is 20.2. The van der Waals surface area contributed by atoms with Crippen molar-refractivity contribution in [2.75, 3.05) is 60.0 Å². The summed E-state index contributed by atoms with van der Waals surface area (Å²) < 4.78 is 5.75. The molecule has 150 valence electrons. The van der Waals surface area contributed by atoms with E-state index in [-0.39, 0.29) is 0 Å². The minimum Gasteiger partial charge on any atom is -0.379 e. The molecule has 1 aromatic rings. The van der Waals surface area contributed by atoms with Gasteiger partial charge >= 0.3 is 0 Å². The van der Waals surface area contributed by atoms with Crippen LogP contribution in [0.3, 0.4) is 0 Å². The van der Waals surface area contributed by atoms with Crippen molar-refractivity contribution in [2.24, 2.45) is 16.8 Å². The number of hydrogen-bond donors (Lipinski definition) is 1. The predicted molar refractivity (Wildman–Crippen MR) is 112 cm³/mol. The molecule has 2 fully saturated rings. The van der Waals surface area contributed by atoms with Gasteiger partial charge in [-0.2, -0.15) is 0 Å². The van der Waals surface area contributed by atoms with Crippen LogP contribution in [0.5, 0.6) is 0 Å². The van der Waals surface area contributed by atoms with Gasteiger partial charge in [-0.1, -0.05) is 30.3 Å². The van der Waals surface area contributed by atoms with Gasteiger partial charge in [0, 0.05) is 46.9 Å². The van der Waals surface area contributed by atoms with E-state index in [4.69, 9.17) is 4.74 Å². The Morgan fingerprint density at radius 1 is 1.22 bits per heavy atom. The number of ether oxygens (including phenoxy) is 1. The molecule has 1 unspecified atom stereocenters. The molecule has 1 aliphatic carbocycles. The number of aliphatic imine (C=N–C) groups is 1. The quantitative estimate of drug-likeness (QED) is 0.389. The molecule has 1 atom stereocenters. The third kappa shape index (κ3) is 7.15. The van der Waals surface area contributed by atoms with Crippen molar-refractivity contribution in [3.05, 3.63) is 35.9 Å². The number of guanidine groups is 1. The average molecular weight is 373 g/mol. The molecular weight excluding hydrogens is 336 g/mol. The van der Waals surface area contributed by atoms with E-state index in [1.165, 1.54) is 37.9 Å². The molecule has 1 aromatic carbocycles. The lowest BCUT2D eigenvalue weighted by atomic mass is 10.1. The zero-order valence-corrected chi connectivity index (χ0v) is 17.1. The number of likely N-dealkylation sites (tertiary alicyclic amines) is 1. The Balaban J connectivity index is 1.30. The van der Waals surface area contributed by atoms with Crippen LogP contribution in [0.2, 0.25) is 0 Å². The molecule has 0 aromatic heterocycles. The van der Waals surface area contributed by atoms with E-state index >= 15 is 0 Å². The van der Waals surface area contributed by atoms with Gasteiger partial charge in [0.2, 0.25) is 0 Å². The van der Waals surface area contributed by atoms with E-state index in [1.54, 1.807) is 0 Å². The second kappa shape index (κ2) is 10.7. The second-order valence-electron chi connectivity index (χ2n) is 8.06. The van der Waals surface area contributed by atoms with Crippen LogP contribution < -0.4 is 5.32 Å². The van der Waals surface area contributed by atoms with Crippen LogP contribution >= 0.6 is 0 Å². The van der Waals surface area contributed by atoms with Gasteiger partial charge < -0.3 is 19.9 Å². The van der Waals surface area contributed by atoms with E-state index in [9.17, 15) is 0 Å². The largest absolute Gasteiger partial charge is 0.379 e. The maximum absolute atomic E-state index is 5.75. The van der Waals surface area contributed by atoms with Gasteiger partial charge in [0.05, 0.1) is 6.61 Å². The first-order chi connectivity index (χ1) is 13.2. The lowest BCUT2D eigenvalue weighted by molar-refractivity contribution is 0.115. The monoisotopic (exact) mass is 372 g/mol. The minimum absolute atomic E-state index is 0.706. The van der Waals surface area contributed by atoms with Crippen LogP contribution in [0.25, 0.3) is 0 Å². The number of likely N-dealkylation sites (N-methyl/N-ethyl adjacent to an activating group) is 1. The van der Waals surface area contributed by atoms with Crippen molar-refractivity contribution < 1.29 is 4.74 Å². The van der Waals surface area contributed by atoms with Crippen LogP contribution in [0.1, 0.15) is 24.8 Å². The van der Waals surface area contributed by atoms with Crippen LogP contribution in [-0.4, -0.2) is 75.8 Å². The fourth-order valence-corrected chi connectivity index (χ4v) is 3.68. The summed E-state index contributed by atoms with van der Waals surface area (Å²) in [6, 6.07) is 10.8. The van der Waals surface area contributed by atoms with Crippen molar-refractivity contribution in [1.82, 2.24) is 15.1 Å². The van der Waals surface area contributed by atoms with E-state index < -0.39 is 0 Å². The van der Waals surface area contributed by atoms with Crippen LogP contribution in [-0.2, 0) is 11.2 Å². The minimum atomic E-state index is 0.706. The molecule has 0 amide bonds. The van der Waals surface area contributed by atoms with Gasteiger partial charge in [0.15, 0.2) is 5.96 Å². The molecule has 1 saturated carbocycles. The zero-order chi connectivity index (χ0) is 18.9. The molecule has 3 rings (SSSR count). The van der Waals surface area contributed by atoms with Gasteiger partial charge in [-0.05, 0) is 49.6 Å². The zero-order valence-electron chi connectivity index (χ0n) is 17.1. The average Bonchev–Trinajstić information content (AvgIpc) is 3.42. The van der Waals surface area contributed by atoms with E-state index in [1.807, 2.05) is 7.05 Å². The van der Waals surface area contributed by atoms with Crippen molar-refractivity contribution in [1.29, 1.82) is 0 Å². The van der Waals surface area contributed by atoms with Crippen LogP contribution in [0.15, 0.2) is 35.3 Å². The predicted octanol–water partition coefficient (Wildman–Crippen LogP) is 2.48. The molecule has 5 heteroatoms. The van der Waals surface area contributed by atoms with Crippen LogP contribution in [0.4, 0.5) is 0 Å². The Bertz CT molecular complexity index is 573. The van der Waals surface area contributed by atoms with E-state index in [2.05, 4.69) is 57.5 Å². The summed E-state index contributed by atoms with van der Waals surface area (Å²) in [6.45, 7) is 7.16. The maximum atomic E-state index is 5.75. The van der Waals surface area contributed by atoms with Gasteiger partial charge in [0.25, 0.3) is 0 Å². The first-order valence-corrected chi connectivity index (χ1v) is 10.5. The summed E-state index contributed by atoms with van der Waals surface area (Å²) in [6.07, 6.45) is 5.12. The van der Waals surface area contributed by atoms with E-state index in [0.717, 1.165) is 51.1 Å². The lowest BCUT2D eigenvalue weighted by Crippen LogP contribution is -2.42. The summed E-state index contributed by atoms with van der Waals surface area (Å²) in [7, 11) is 3.96. The highest BCUT2D eigenvalue weighted by Gasteiger charge is 2.23. The Labute approximate surface area is 164 Å². The highest BCUT2D eigenvalue weighted by Crippen LogP contribution is 2.28. The smallest absolute Gasteiger partial charge is 0.193 e. The molecular formula is C22H36N4O. The third-order valence-corrected chi connectivity index (χ3v) is 5.67.